The third kappa shape index (κ3) is 4.18. The number of hydrogen-bond donors (Lipinski definition) is 1. The molecular weight excluding hydrogens is 356 g/mol. The van der Waals surface area contributed by atoms with Gasteiger partial charge in [0.05, 0.1) is 17.9 Å². The molecule has 25 heavy (non-hydrogen) atoms. The molecule has 2 N–H and O–H groups in total. The molecule has 2 rings (SSSR count). The van der Waals surface area contributed by atoms with Gasteiger partial charge in [0.2, 0.25) is 5.03 Å². The van der Waals surface area contributed by atoms with Crippen molar-refractivity contribution in [2.45, 2.75) is 13.8 Å². The zero-order valence-electron chi connectivity index (χ0n) is 14.4. The van der Waals surface area contributed by atoms with E-state index >= 15 is 0 Å². The molecule has 7 heteroatoms. The lowest BCUT2D eigenvalue weighted by Crippen LogP contribution is -2.15. The van der Waals surface area contributed by atoms with Crippen LogP contribution in [0.25, 0.3) is 5.57 Å². The number of thioether (sulfide) groups is 1. The monoisotopic (exact) mass is 376 g/mol. The van der Waals surface area contributed by atoms with E-state index in [1.165, 1.54) is 24.2 Å². The van der Waals surface area contributed by atoms with Gasteiger partial charge in [0.25, 0.3) is 0 Å². The summed E-state index contributed by atoms with van der Waals surface area (Å²) in [7, 11) is 0. The number of nitrogens with two attached hydrogens (primary N) is 1. The van der Waals surface area contributed by atoms with Crippen LogP contribution in [-0.2, 0) is 15.9 Å². The number of benzene rings is 1. The van der Waals surface area contributed by atoms with E-state index in [0.29, 0.717) is 22.8 Å². The van der Waals surface area contributed by atoms with Gasteiger partial charge in [-0.2, -0.15) is 0 Å². The molecule has 1 unspecified atom stereocenters. The molecular formula is C18H20N2O3S2. The minimum Gasteiger partial charge on any atom is -0.610 e. The van der Waals surface area contributed by atoms with E-state index in [-0.39, 0.29) is 11.0 Å². The van der Waals surface area contributed by atoms with Crippen LogP contribution >= 0.6 is 11.8 Å². The Morgan fingerprint density at radius 3 is 2.84 bits per heavy atom. The second-order valence-corrected chi connectivity index (χ2v) is 7.44. The van der Waals surface area contributed by atoms with Gasteiger partial charge in [0.15, 0.2) is 0 Å². The predicted octanol–water partition coefficient (Wildman–Crippen LogP) is 3.35. The Kier molecular flexibility index (Phi) is 6.52. The van der Waals surface area contributed by atoms with E-state index in [1.54, 1.807) is 19.1 Å². The second kappa shape index (κ2) is 8.42. The topological polar surface area (TPSA) is 87.7 Å². The smallest absolute Gasteiger partial charge is 0.338 e. The van der Waals surface area contributed by atoms with Gasteiger partial charge < -0.3 is 15.0 Å². The van der Waals surface area contributed by atoms with Gasteiger partial charge in [0.1, 0.15) is 11.2 Å². The number of nitrogens with zero attached hydrogens (tertiary/aromatic N) is 1. The first-order valence-corrected chi connectivity index (χ1v) is 10.0. The predicted molar refractivity (Wildman–Crippen MR) is 106 cm³/mol. The molecule has 0 spiro atoms. The highest BCUT2D eigenvalue weighted by atomic mass is 32.2. The molecule has 1 atom stereocenters. The minimum absolute atomic E-state index is 0.274. The van der Waals surface area contributed by atoms with Gasteiger partial charge in [0, 0.05) is 22.9 Å². The Morgan fingerprint density at radius 1 is 1.52 bits per heavy atom. The van der Waals surface area contributed by atoms with E-state index in [9.17, 15) is 9.35 Å². The van der Waals surface area contributed by atoms with Crippen LogP contribution in [-0.4, -0.2) is 29.1 Å². The number of aryl methyl sites for hydroxylation is 1. The van der Waals surface area contributed by atoms with Gasteiger partial charge >= 0.3 is 5.97 Å². The largest absolute Gasteiger partial charge is 0.610 e. The highest BCUT2D eigenvalue weighted by molar-refractivity contribution is 8.08. The summed E-state index contributed by atoms with van der Waals surface area (Å²) in [4.78, 5) is 17.0. The van der Waals surface area contributed by atoms with E-state index in [2.05, 4.69) is 11.6 Å². The lowest BCUT2D eigenvalue weighted by atomic mass is 9.96. The fraction of sp³-hybridized carbons (Fsp3) is 0.222. The van der Waals surface area contributed by atoms with E-state index in [0.717, 1.165) is 16.7 Å². The molecule has 0 saturated carbocycles. The van der Waals surface area contributed by atoms with E-state index in [1.807, 2.05) is 18.4 Å². The fourth-order valence-electron chi connectivity index (χ4n) is 2.32. The third-order valence-corrected chi connectivity index (χ3v) is 5.51. The fourth-order valence-corrected chi connectivity index (χ4v) is 4.04. The molecule has 0 aromatic heterocycles. The SMILES string of the molecule is C=C/N=C1/C(c2cc(C(=O)OCC)ccc2C)=CS/C1=C(/N)[S+](C)[O-]. The number of esters is 1. The first kappa shape index (κ1) is 19.4. The lowest BCUT2D eigenvalue weighted by molar-refractivity contribution is 0.0526. The molecule has 0 fully saturated rings. The van der Waals surface area contributed by atoms with Crippen molar-refractivity contribution in [3.05, 3.63) is 63.0 Å². The minimum atomic E-state index is -1.30. The van der Waals surface area contributed by atoms with Gasteiger partial charge in [-0.05, 0) is 42.5 Å². The third-order valence-electron chi connectivity index (χ3n) is 3.56. The van der Waals surface area contributed by atoms with Gasteiger partial charge in [-0.3, -0.25) is 4.99 Å². The molecule has 1 aliphatic heterocycles. The number of carbonyl (C=O) groups excluding carboxylic acids is 1. The standard InChI is InChI=1S/C18H20N2O3S2/c1-5-20-15-14(10-24-16(15)17(19)25(4)22)13-9-12(8-7-11(13)3)18(21)23-6-2/h5,7-10H,1,6,19H2,2-4H3/b17-16-,20-15-. The molecule has 1 heterocycles. The summed E-state index contributed by atoms with van der Waals surface area (Å²) in [6.07, 6.45) is 2.95. The van der Waals surface area contributed by atoms with Crippen molar-refractivity contribution in [3.63, 3.8) is 0 Å². The summed E-state index contributed by atoms with van der Waals surface area (Å²) in [5, 5.41) is 2.17. The van der Waals surface area contributed by atoms with E-state index < -0.39 is 11.2 Å². The van der Waals surface area contributed by atoms with E-state index in [4.69, 9.17) is 10.5 Å². The summed E-state index contributed by atoms with van der Waals surface area (Å²) >= 11 is 0.0663. The maximum absolute atomic E-state index is 12.0. The summed E-state index contributed by atoms with van der Waals surface area (Å²) in [6, 6.07) is 5.37. The molecule has 1 aromatic carbocycles. The van der Waals surface area contributed by atoms with Gasteiger partial charge in [-0.25, -0.2) is 4.79 Å². The summed E-state index contributed by atoms with van der Waals surface area (Å²) in [6.45, 7) is 7.68. The van der Waals surface area contributed by atoms with Crippen LogP contribution < -0.4 is 5.73 Å². The average Bonchev–Trinajstić information content (AvgIpc) is 2.98. The van der Waals surface area contributed by atoms with Crippen LogP contribution in [0.1, 0.15) is 28.4 Å². The maximum Gasteiger partial charge on any atom is 0.338 e. The van der Waals surface area contributed by atoms with Crippen molar-refractivity contribution >= 4 is 40.2 Å². The summed E-state index contributed by atoms with van der Waals surface area (Å²) < 4.78 is 16.8. The maximum atomic E-state index is 12.0. The molecule has 0 saturated heterocycles. The van der Waals surface area contributed by atoms with Crippen LogP contribution in [0.15, 0.2) is 51.3 Å². The first-order valence-electron chi connectivity index (χ1n) is 7.58. The van der Waals surface area contributed by atoms with Crippen molar-refractivity contribution in [1.29, 1.82) is 0 Å². The molecule has 0 bridgehead atoms. The number of allylic oxidation sites excluding steroid dienone is 2. The molecule has 0 aliphatic carbocycles. The Hall–Kier alpha value is -1.96. The van der Waals surface area contributed by atoms with Crippen LogP contribution in [0.5, 0.6) is 0 Å². The Balaban J connectivity index is 2.53. The van der Waals surface area contributed by atoms with Crippen molar-refractivity contribution in [2.24, 2.45) is 10.7 Å². The number of aliphatic imine (C=N–C) groups is 1. The van der Waals surface area contributed by atoms with Crippen LogP contribution in [0, 0.1) is 6.92 Å². The molecule has 1 aromatic rings. The van der Waals surface area contributed by atoms with Gasteiger partial charge in [-0.1, -0.05) is 24.4 Å². The number of ether oxygens (including phenoxy) is 1. The van der Waals surface area contributed by atoms with Crippen molar-refractivity contribution in [1.82, 2.24) is 0 Å². The highest BCUT2D eigenvalue weighted by Crippen LogP contribution is 2.40. The number of carbonyl (C=O) groups is 1. The normalized spacial score (nSPS) is 18.7. The average molecular weight is 377 g/mol. The van der Waals surface area contributed by atoms with Crippen LogP contribution in [0.2, 0.25) is 0 Å². The zero-order valence-corrected chi connectivity index (χ0v) is 16.0. The second-order valence-electron chi connectivity index (χ2n) is 5.21. The number of rotatable bonds is 5. The summed E-state index contributed by atoms with van der Waals surface area (Å²) in [5.41, 5.74) is 9.70. The Bertz CT molecular complexity index is 796. The Labute approximate surface area is 154 Å². The van der Waals surface area contributed by atoms with Crippen molar-refractivity contribution < 1.29 is 14.1 Å². The molecule has 1 aliphatic rings. The van der Waals surface area contributed by atoms with Crippen LogP contribution in [0.3, 0.4) is 0 Å². The quantitative estimate of drug-likeness (QED) is 0.629. The lowest BCUT2D eigenvalue weighted by Gasteiger charge is -2.12. The van der Waals surface area contributed by atoms with Crippen molar-refractivity contribution in [2.75, 3.05) is 12.9 Å². The summed E-state index contributed by atoms with van der Waals surface area (Å²) in [5.74, 6) is -0.373. The van der Waals surface area contributed by atoms with Crippen molar-refractivity contribution in [3.8, 4) is 0 Å². The molecule has 0 radical (unpaired) electrons. The molecule has 0 amide bonds. The highest BCUT2D eigenvalue weighted by Gasteiger charge is 2.28. The Morgan fingerprint density at radius 2 is 2.24 bits per heavy atom. The zero-order chi connectivity index (χ0) is 18.6. The van der Waals surface area contributed by atoms with Crippen LogP contribution in [0.4, 0.5) is 0 Å². The van der Waals surface area contributed by atoms with Gasteiger partial charge in [-0.15, -0.1) is 0 Å². The molecule has 5 nitrogen and oxygen atoms in total. The first-order chi connectivity index (χ1) is 11.9. The number of hydrogen-bond acceptors (Lipinski definition) is 6. The molecule has 132 valence electrons.